The van der Waals surface area contributed by atoms with Gasteiger partial charge in [0.05, 0.1) is 10.6 Å². The minimum Gasteiger partial charge on any atom is -0.486 e. The number of ketones is 1. The SMILES string of the molecule is Cc1cc(Cl)ccc1Nc1ccc(C(=O)c2cc(OCC3=COC(C)(C)O3)ccc2F)c(Cl)c1. The largest absolute Gasteiger partial charge is 0.486 e. The van der Waals surface area contributed by atoms with Gasteiger partial charge in [-0.1, -0.05) is 23.2 Å². The lowest BCUT2D eigenvalue weighted by Gasteiger charge is -2.18. The van der Waals surface area contributed by atoms with Crippen molar-refractivity contribution < 1.29 is 23.4 Å². The lowest BCUT2D eigenvalue weighted by atomic mass is 10.0. The number of aryl methyl sites for hydroxylation is 1. The Labute approximate surface area is 207 Å². The summed E-state index contributed by atoms with van der Waals surface area (Å²) in [6.45, 7) is 5.54. The Balaban J connectivity index is 1.50. The third-order valence-corrected chi connectivity index (χ3v) is 5.64. The number of benzene rings is 3. The van der Waals surface area contributed by atoms with Crippen LogP contribution in [0.15, 0.2) is 66.6 Å². The molecule has 0 amide bonds. The average Bonchev–Trinajstić information content (AvgIpc) is 3.13. The van der Waals surface area contributed by atoms with Gasteiger partial charge in [0.25, 0.3) is 0 Å². The van der Waals surface area contributed by atoms with Gasteiger partial charge in [-0.05, 0) is 67.1 Å². The molecule has 0 saturated carbocycles. The molecule has 0 unspecified atom stereocenters. The Morgan fingerprint density at radius 1 is 1.06 bits per heavy atom. The molecule has 1 heterocycles. The van der Waals surface area contributed by atoms with E-state index in [4.69, 9.17) is 37.4 Å². The molecule has 1 aliphatic rings. The Morgan fingerprint density at radius 2 is 1.85 bits per heavy atom. The molecule has 8 heteroatoms. The van der Waals surface area contributed by atoms with Crippen LogP contribution >= 0.6 is 23.2 Å². The highest BCUT2D eigenvalue weighted by atomic mass is 35.5. The van der Waals surface area contributed by atoms with Crippen molar-refractivity contribution in [2.75, 3.05) is 11.9 Å². The Hall–Kier alpha value is -3.22. The Kier molecular flexibility index (Phi) is 6.73. The highest BCUT2D eigenvalue weighted by Crippen LogP contribution is 2.30. The van der Waals surface area contributed by atoms with Crippen molar-refractivity contribution in [2.24, 2.45) is 0 Å². The van der Waals surface area contributed by atoms with Crippen LogP contribution in [0, 0.1) is 12.7 Å². The summed E-state index contributed by atoms with van der Waals surface area (Å²) in [5, 5.41) is 4.07. The highest BCUT2D eigenvalue weighted by molar-refractivity contribution is 6.35. The van der Waals surface area contributed by atoms with Crippen molar-refractivity contribution in [3.63, 3.8) is 0 Å². The third-order valence-electron chi connectivity index (χ3n) is 5.10. The molecule has 176 valence electrons. The molecule has 0 saturated heterocycles. The van der Waals surface area contributed by atoms with Crippen molar-refractivity contribution in [3.05, 3.63) is 99.2 Å². The first-order valence-corrected chi connectivity index (χ1v) is 11.2. The summed E-state index contributed by atoms with van der Waals surface area (Å²) in [6.07, 6.45) is 1.47. The summed E-state index contributed by atoms with van der Waals surface area (Å²) < 4.78 is 31.1. The fourth-order valence-electron chi connectivity index (χ4n) is 3.40. The van der Waals surface area contributed by atoms with Gasteiger partial charge in [0.15, 0.2) is 11.5 Å². The molecule has 1 aliphatic heterocycles. The first kappa shape index (κ1) is 23.9. The number of carbonyl (C=O) groups is 1. The molecule has 0 radical (unpaired) electrons. The number of rotatable bonds is 7. The molecule has 0 atom stereocenters. The first-order valence-electron chi connectivity index (χ1n) is 10.5. The van der Waals surface area contributed by atoms with E-state index in [9.17, 15) is 9.18 Å². The van der Waals surface area contributed by atoms with E-state index in [1.807, 2.05) is 19.1 Å². The molecule has 0 aromatic heterocycles. The van der Waals surface area contributed by atoms with Gasteiger partial charge in [-0.2, -0.15) is 0 Å². The second kappa shape index (κ2) is 9.57. The predicted octanol–water partition coefficient (Wildman–Crippen LogP) is 7.42. The van der Waals surface area contributed by atoms with Crippen LogP contribution in [-0.2, 0) is 9.47 Å². The number of ether oxygens (including phenoxy) is 3. The van der Waals surface area contributed by atoms with Gasteiger partial charge in [0, 0.05) is 35.8 Å². The van der Waals surface area contributed by atoms with E-state index in [-0.39, 0.29) is 22.8 Å². The fraction of sp³-hybridized carbons (Fsp3) is 0.192. The molecule has 1 N–H and O–H groups in total. The molecule has 4 rings (SSSR count). The van der Waals surface area contributed by atoms with Gasteiger partial charge in [-0.3, -0.25) is 4.79 Å². The van der Waals surface area contributed by atoms with Crippen molar-refractivity contribution in [2.45, 2.75) is 26.6 Å². The van der Waals surface area contributed by atoms with Crippen LogP contribution in [0.5, 0.6) is 5.75 Å². The quantitative estimate of drug-likeness (QED) is 0.341. The van der Waals surface area contributed by atoms with Crippen molar-refractivity contribution >= 4 is 40.4 Å². The maximum absolute atomic E-state index is 14.5. The zero-order valence-electron chi connectivity index (χ0n) is 18.7. The molecule has 0 spiro atoms. The molecule has 0 fully saturated rings. The van der Waals surface area contributed by atoms with Crippen LogP contribution in [0.25, 0.3) is 0 Å². The standard InChI is InChI=1S/C26H22Cl2FNO4/c1-15-10-16(27)4-9-24(15)30-17-5-7-20(22(28)11-17)25(31)21-12-18(6-8-23(21)29)32-13-19-14-33-26(2,3)34-19/h4-12,14,30H,13H2,1-3H3. The van der Waals surface area contributed by atoms with Gasteiger partial charge in [0.2, 0.25) is 5.79 Å². The molecule has 0 bridgehead atoms. The summed E-state index contributed by atoms with van der Waals surface area (Å²) in [4.78, 5) is 13.1. The third kappa shape index (κ3) is 5.46. The summed E-state index contributed by atoms with van der Waals surface area (Å²) in [6, 6.07) is 14.3. The molecule has 5 nitrogen and oxygen atoms in total. The van der Waals surface area contributed by atoms with Crippen LogP contribution in [0.3, 0.4) is 0 Å². The van der Waals surface area contributed by atoms with E-state index >= 15 is 0 Å². The van der Waals surface area contributed by atoms with Crippen LogP contribution in [-0.4, -0.2) is 18.2 Å². The van der Waals surface area contributed by atoms with Gasteiger partial charge in [0.1, 0.15) is 24.4 Å². The number of hydrogen-bond acceptors (Lipinski definition) is 5. The van der Waals surface area contributed by atoms with Crippen molar-refractivity contribution in [1.29, 1.82) is 0 Å². The van der Waals surface area contributed by atoms with E-state index in [1.54, 1.807) is 38.1 Å². The lowest BCUT2D eigenvalue weighted by molar-refractivity contribution is -0.119. The predicted molar refractivity (Wildman–Crippen MR) is 131 cm³/mol. The van der Waals surface area contributed by atoms with Crippen LogP contribution in [0.2, 0.25) is 10.0 Å². The number of carbonyl (C=O) groups excluding carboxylic acids is 1. The molecule has 3 aromatic carbocycles. The molecular formula is C26H22Cl2FNO4. The topological polar surface area (TPSA) is 56.8 Å². The summed E-state index contributed by atoms with van der Waals surface area (Å²) in [5.74, 6) is -1.18. The van der Waals surface area contributed by atoms with E-state index in [1.165, 1.54) is 24.5 Å². The molecule has 34 heavy (non-hydrogen) atoms. The van der Waals surface area contributed by atoms with E-state index in [2.05, 4.69) is 5.32 Å². The van der Waals surface area contributed by atoms with Gasteiger partial charge >= 0.3 is 0 Å². The van der Waals surface area contributed by atoms with E-state index in [0.29, 0.717) is 22.2 Å². The number of halogens is 3. The van der Waals surface area contributed by atoms with Gasteiger partial charge in [-0.15, -0.1) is 0 Å². The average molecular weight is 502 g/mol. The van der Waals surface area contributed by atoms with Crippen LogP contribution < -0.4 is 10.1 Å². The van der Waals surface area contributed by atoms with Crippen molar-refractivity contribution in [3.8, 4) is 5.75 Å². The van der Waals surface area contributed by atoms with E-state index in [0.717, 1.165) is 11.3 Å². The Morgan fingerprint density at radius 3 is 2.53 bits per heavy atom. The maximum Gasteiger partial charge on any atom is 0.244 e. The van der Waals surface area contributed by atoms with Gasteiger partial charge in [-0.25, -0.2) is 4.39 Å². The zero-order chi connectivity index (χ0) is 24.5. The molecule has 3 aromatic rings. The second-order valence-corrected chi connectivity index (χ2v) is 9.09. The molecule has 0 aliphatic carbocycles. The number of nitrogens with one attached hydrogen (secondary N) is 1. The number of anilines is 2. The van der Waals surface area contributed by atoms with Crippen LogP contribution in [0.4, 0.5) is 15.8 Å². The minimum absolute atomic E-state index is 0.0773. The Bertz CT molecular complexity index is 1290. The minimum atomic E-state index is -0.757. The monoisotopic (exact) mass is 501 g/mol. The smallest absolute Gasteiger partial charge is 0.244 e. The van der Waals surface area contributed by atoms with Crippen LogP contribution in [0.1, 0.15) is 35.3 Å². The second-order valence-electron chi connectivity index (χ2n) is 8.24. The zero-order valence-corrected chi connectivity index (χ0v) is 20.3. The summed E-state index contributed by atoms with van der Waals surface area (Å²) >= 11 is 12.4. The van der Waals surface area contributed by atoms with Gasteiger partial charge < -0.3 is 19.5 Å². The lowest BCUT2D eigenvalue weighted by Crippen LogP contribution is -2.21. The molecular weight excluding hydrogens is 480 g/mol. The number of hydrogen-bond donors (Lipinski definition) is 1. The van der Waals surface area contributed by atoms with Crippen molar-refractivity contribution in [1.82, 2.24) is 0 Å². The first-order chi connectivity index (χ1) is 16.1. The fourth-order valence-corrected chi connectivity index (χ4v) is 3.90. The highest BCUT2D eigenvalue weighted by Gasteiger charge is 2.28. The summed E-state index contributed by atoms with van der Waals surface area (Å²) in [5.41, 5.74) is 2.52. The maximum atomic E-state index is 14.5. The van der Waals surface area contributed by atoms with E-state index < -0.39 is 17.4 Å². The normalized spacial score (nSPS) is 14.1. The summed E-state index contributed by atoms with van der Waals surface area (Å²) in [7, 11) is 0.